The number of alkyl halides is 2. The maximum absolute atomic E-state index is 14.0. The Morgan fingerprint density at radius 2 is 2.11 bits per heavy atom. The van der Waals surface area contributed by atoms with Crippen LogP contribution in [0.3, 0.4) is 0 Å². The van der Waals surface area contributed by atoms with Gasteiger partial charge >= 0.3 is 0 Å². The van der Waals surface area contributed by atoms with Gasteiger partial charge in [0.2, 0.25) is 0 Å². The van der Waals surface area contributed by atoms with E-state index in [9.17, 15) is 13.6 Å². The molecule has 0 aliphatic heterocycles. The normalized spacial score (nSPS) is 14.1. The van der Waals surface area contributed by atoms with E-state index in [4.69, 9.17) is 5.73 Å². The summed E-state index contributed by atoms with van der Waals surface area (Å²) in [7, 11) is 0. The van der Waals surface area contributed by atoms with Gasteiger partial charge in [-0.05, 0) is 42.9 Å². The van der Waals surface area contributed by atoms with Gasteiger partial charge in [0.25, 0.3) is 12.3 Å². The molecule has 1 aliphatic rings. The summed E-state index contributed by atoms with van der Waals surface area (Å²) >= 11 is 1.08. The largest absolute Gasteiger partial charge is 0.397 e. The average Bonchev–Trinajstić information content (AvgIpc) is 2.87. The first kappa shape index (κ1) is 18.7. The molecule has 1 aliphatic carbocycles. The number of carbonyl (C=O) groups excluding carboxylic acids is 1. The molecule has 0 aromatic carbocycles. The van der Waals surface area contributed by atoms with Crippen molar-refractivity contribution in [1.29, 1.82) is 0 Å². The molecular formula is C20H20F2N4OS. The molecule has 3 aromatic heterocycles. The van der Waals surface area contributed by atoms with Gasteiger partial charge in [-0.3, -0.25) is 9.78 Å². The number of thiophene rings is 1. The smallest absolute Gasteiger partial charge is 0.264 e. The third-order valence-corrected chi connectivity index (χ3v) is 6.14. The number of nitrogens with one attached hydrogen (secondary N) is 1. The molecule has 1 amide bonds. The Kier molecular flexibility index (Phi) is 5.21. The van der Waals surface area contributed by atoms with E-state index in [2.05, 4.69) is 15.3 Å². The Labute approximate surface area is 165 Å². The first-order valence-electron chi connectivity index (χ1n) is 9.25. The lowest BCUT2D eigenvalue weighted by molar-refractivity contribution is 0.0955. The Morgan fingerprint density at radius 1 is 1.29 bits per heavy atom. The van der Waals surface area contributed by atoms with Gasteiger partial charge in [-0.1, -0.05) is 12.5 Å². The minimum absolute atomic E-state index is 0.0399. The highest BCUT2D eigenvalue weighted by Crippen LogP contribution is 2.42. The number of fused-ring (bicyclic) bond motifs is 2. The van der Waals surface area contributed by atoms with Gasteiger partial charge in [-0.2, -0.15) is 0 Å². The SMILES string of the molecule is Nc1c(C(=O)NCc2cccnc2)sc2nc3c(c(C(F)F)c12)CCCCC3. The number of nitrogens with zero attached hydrogens (tertiary/aromatic N) is 2. The van der Waals surface area contributed by atoms with E-state index in [0.29, 0.717) is 23.2 Å². The van der Waals surface area contributed by atoms with E-state index in [1.54, 1.807) is 18.5 Å². The van der Waals surface area contributed by atoms with E-state index in [-0.39, 0.29) is 34.0 Å². The fourth-order valence-corrected chi connectivity index (χ4v) is 4.75. The zero-order chi connectivity index (χ0) is 19.7. The average molecular weight is 402 g/mol. The van der Waals surface area contributed by atoms with Crippen LogP contribution in [0.15, 0.2) is 24.5 Å². The molecule has 3 N–H and O–H groups in total. The summed E-state index contributed by atoms with van der Waals surface area (Å²) in [6, 6.07) is 3.62. The highest BCUT2D eigenvalue weighted by atomic mass is 32.1. The number of carbonyl (C=O) groups is 1. The van der Waals surface area contributed by atoms with Gasteiger partial charge in [-0.25, -0.2) is 13.8 Å². The molecule has 4 rings (SSSR count). The van der Waals surface area contributed by atoms with Crippen LogP contribution in [0.4, 0.5) is 14.5 Å². The van der Waals surface area contributed by atoms with Crippen LogP contribution in [0.25, 0.3) is 10.2 Å². The second kappa shape index (κ2) is 7.79. The third kappa shape index (κ3) is 3.44. The Morgan fingerprint density at radius 3 is 2.86 bits per heavy atom. The van der Waals surface area contributed by atoms with Crippen LogP contribution < -0.4 is 11.1 Å². The quantitative estimate of drug-likeness (QED) is 0.634. The van der Waals surface area contributed by atoms with Crippen LogP contribution in [0.5, 0.6) is 0 Å². The monoisotopic (exact) mass is 402 g/mol. The van der Waals surface area contributed by atoms with Crippen LogP contribution in [0.2, 0.25) is 0 Å². The summed E-state index contributed by atoms with van der Waals surface area (Å²) in [5.41, 5.74) is 8.42. The van der Waals surface area contributed by atoms with Crippen molar-refractivity contribution in [2.75, 3.05) is 5.73 Å². The molecule has 0 bridgehead atoms. The van der Waals surface area contributed by atoms with Crippen LogP contribution in [0, 0.1) is 0 Å². The predicted molar refractivity (Wildman–Crippen MR) is 106 cm³/mol. The van der Waals surface area contributed by atoms with Gasteiger partial charge in [0, 0.05) is 35.6 Å². The number of anilines is 1. The van der Waals surface area contributed by atoms with Crippen LogP contribution in [0.1, 0.15) is 57.7 Å². The lowest BCUT2D eigenvalue weighted by Crippen LogP contribution is -2.22. The molecule has 3 aromatic rings. The van der Waals surface area contributed by atoms with Crippen molar-refractivity contribution in [3.05, 3.63) is 51.8 Å². The zero-order valence-electron chi connectivity index (χ0n) is 15.2. The Hall–Kier alpha value is -2.61. The van der Waals surface area contributed by atoms with Crippen molar-refractivity contribution in [1.82, 2.24) is 15.3 Å². The minimum Gasteiger partial charge on any atom is -0.397 e. The highest BCUT2D eigenvalue weighted by Gasteiger charge is 2.28. The summed E-state index contributed by atoms with van der Waals surface area (Å²) < 4.78 is 28.0. The molecule has 146 valence electrons. The van der Waals surface area contributed by atoms with Crippen molar-refractivity contribution >= 4 is 33.1 Å². The molecule has 0 unspecified atom stereocenters. The molecule has 0 fully saturated rings. The summed E-state index contributed by atoms with van der Waals surface area (Å²) in [4.78, 5) is 21.9. The molecule has 0 radical (unpaired) electrons. The standard InChI is InChI=1S/C20H20F2N4OS/c21-18(22)14-12-6-2-1-3-7-13(12)26-20-15(14)16(23)17(28-20)19(27)25-10-11-5-4-8-24-9-11/h4-5,8-9,18H,1-3,6-7,10,23H2,(H,25,27). The number of rotatable bonds is 4. The summed E-state index contributed by atoms with van der Waals surface area (Å²) in [5, 5.41) is 3.02. The van der Waals surface area contributed by atoms with Crippen LogP contribution in [-0.2, 0) is 19.4 Å². The number of aromatic nitrogens is 2. The lowest BCUT2D eigenvalue weighted by atomic mass is 9.98. The molecule has 8 heteroatoms. The summed E-state index contributed by atoms with van der Waals surface area (Å²) in [5.74, 6) is -0.389. The molecule has 0 atom stereocenters. The van der Waals surface area contributed by atoms with Gasteiger partial charge in [0.05, 0.1) is 5.69 Å². The van der Waals surface area contributed by atoms with Crippen molar-refractivity contribution in [3.8, 4) is 0 Å². The van der Waals surface area contributed by atoms with E-state index in [1.165, 1.54) is 0 Å². The van der Waals surface area contributed by atoms with Gasteiger partial charge in [-0.15, -0.1) is 11.3 Å². The van der Waals surface area contributed by atoms with Crippen molar-refractivity contribution in [2.45, 2.75) is 45.1 Å². The van der Waals surface area contributed by atoms with Crippen molar-refractivity contribution < 1.29 is 13.6 Å². The van der Waals surface area contributed by atoms with Crippen LogP contribution >= 0.6 is 11.3 Å². The number of nitrogens with two attached hydrogens (primary N) is 1. The minimum atomic E-state index is -2.65. The summed E-state index contributed by atoms with van der Waals surface area (Å²) in [6.45, 7) is 0.284. The van der Waals surface area contributed by atoms with E-state index >= 15 is 0 Å². The number of pyridine rings is 2. The molecule has 0 saturated carbocycles. The van der Waals surface area contributed by atoms with E-state index in [1.807, 2.05) is 6.07 Å². The van der Waals surface area contributed by atoms with Crippen molar-refractivity contribution in [3.63, 3.8) is 0 Å². The Bertz CT molecular complexity index is 1020. The van der Waals surface area contributed by atoms with E-state index in [0.717, 1.165) is 41.9 Å². The van der Waals surface area contributed by atoms with Gasteiger partial charge in [0.1, 0.15) is 9.71 Å². The number of aryl methyl sites for hydroxylation is 1. The Balaban J connectivity index is 1.73. The second-order valence-electron chi connectivity index (χ2n) is 6.88. The molecule has 3 heterocycles. The molecule has 5 nitrogen and oxygen atoms in total. The zero-order valence-corrected chi connectivity index (χ0v) is 16.0. The molecular weight excluding hydrogens is 382 g/mol. The van der Waals surface area contributed by atoms with Gasteiger partial charge < -0.3 is 11.1 Å². The molecule has 0 saturated heterocycles. The first-order chi connectivity index (χ1) is 13.6. The van der Waals surface area contributed by atoms with Crippen LogP contribution in [-0.4, -0.2) is 15.9 Å². The number of halogens is 2. The number of hydrogen-bond donors (Lipinski definition) is 2. The number of nitrogen functional groups attached to an aromatic ring is 1. The van der Waals surface area contributed by atoms with Crippen molar-refractivity contribution in [2.24, 2.45) is 0 Å². The second-order valence-corrected chi connectivity index (χ2v) is 7.88. The lowest BCUT2D eigenvalue weighted by Gasteiger charge is -2.13. The maximum atomic E-state index is 14.0. The third-order valence-electron chi connectivity index (χ3n) is 5.05. The topological polar surface area (TPSA) is 80.9 Å². The maximum Gasteiger partial charge on any atom is 0.264 e. The number of hydrogen-bond acceptors (Lipinski definition) is 5. The highest BCUT2D eigenvalue weighted by molar-refractivity contribution is 7.21. The summed E-state index contributed by atoms with van der Waals surface area (Å²) in [6.07, 6.45) is 4.72. The molecule has 0 spiro atoms. The first-order valence-corrected chi connectivity index (χ1v) is 10.1. The number of amides is 1. The fourth-order valence-electron chi connectivity index (χ4n) is 3.70. The predicted octanol–water partition coefficient (Wildman–Crippen LogP) is 4.41. The van der Waals surface area contributed by atoms with Gasteiger partial charge in [0.15, 0.2) is 0 Å². The van der Waals surface area contributed by atoms with E-state index < -0.39 is 6.43 Å². The fraction of sp³-hybridized carbons (Fsp3) is 0.350. The molecule has 28 heavy (non-hydrogen) atoms.